The fourth-order valence-electron chi connectivity index (χ4n) is 10.2. The van der Waals surface area contributed by atoms with Gasteiger partial charge in [-0.1, -0.05) is 96.6 Å². The molecule has 0 radical (unpaired) electrons. The molecule has 0 aliphatic carbocycles. The number of ether oxygens (including phenoxy) is 2. The van der Waals surface area contributed by atoms with Crippen LogP contribution in [-0.2, 0) is 45.9 Å². The van der Waals surface area contributed by atoms with Gasteiger partial charge in [0.1, 0.15) is 0 Å². The molecule has 2 aliphatic rings. The Kier molecular flexibility index (Phi) is 15.8. The molecular formula is C57H62F6N2O2. The van der Waals surface area contributed by atoms with Gasteiger partial charge in [0.2, 0.25) is 0 Å². The molecule has 0 saturated carbocycles. The van der Waals surface area contributed by atoms with Gasteiger partial charge in [-0.2, -0.15) is 26.3 Å². The predicted octanol–water partition coefficient (Wildman–Crippen LogP) is 14.0. The van der Waals surface area contributed by atoms with Crippen LogP contribution < -0.4 is 10.6 Å². The summed E-state index contributed by atoms with van der Waals surface area (Å²) in [6.45, 7) is 14.6. The third-order valence-corrected chi connectivity index (χ3v) is 13.6. The maximum absolute atomic E-state index is 13.8. The molecule has 0 unspecified atom stereocenters. The molecule has 4 nitrogen and oxygen atoms in total. The third-order valence-electron chi connectivity index (χ3n) is 13.6. The van der Waals surface area contributed by atoms with Gasteiger partial charge in [-0.3, -0.25) is 0 Å². The first-order chi connectivity index (χ1) is 32.0. The van der Waals surface area contributed by atoms with E-state index in [9.17, 15) is 26.3 Å². The molecule has 0 atom stereocenters. The van der Waals surface area contributed by atoms with Gasteiger partial charge in [0.25, 0.3) is 0 Å². The molecule has 6 aromatic carbocycles. The Hall–Kier alpha value is -5.26. The van der Waals surface area contributed by atoms with Crippen molar-refractivity contribution in [3.05, 3.63) is 189 Å². The summed E-state index contributed by atoms with van der Waals surface area (Å²) in [6, 6.07) is 39.1. The van der Waals surface area contributed by atoms with Gasteiger partial charge in [-0.25, -0.2) is 0 Å². The summed E-state index contributed by atoms with van der Waals surface area (Å²) in [5.74, 6) is 0. The molecule has 0 spiro atoms. The normalized spacial score (nSPS) is 16.0. The zero-order chi connectivity index (χ0) is 47.8. The number of nitrogens with one attached hydrogen (secondary N) is 2. The monoisotopic (exact) mass is 920 g/mol. The fourth-order valence-corrected chi connectivity index (χ4v) is 10.2. The minimum Gasteiger partial charge on any atom is -0.376 e. The van der Waals surface area contributed by atoms with Crippen molar-refractivity contribution in [3.63, 3.8) is 0 Å². The van der Waals surface area contributed by atoms with E-state index in [4.69, 9.17) is 9.47 Å². The predicted molar refractivity (Wildman–Crippen MR) is 257 cm³/mol. The van der Waals surface area contributed by atoms with Crippen LogP contribution in [0.5, 0.6) is 0 Å². The highest BCUT2D eigenvalue weighted by Crippen LogP contribution is 2.40. The lowest BCUT2D eigenvalue weighted by Crippen LogP contribution is -2.43. The van der Waals surface area contributed by atoms with Crippen LogP contribution in [0.25, 0.3) is 22.3 Å². The van der Waals surface area contributed by atoms with Crippen molar-refractivity contribution in [2.45, 2.75) is 96.7 Å². The summed E-state index contributed by atoms with van der Waals surface area (Å²) in [5.41, 5.74) is 9.86. The molecule has 67 heavy (non-hydrogen) atoms. The van der Waals surface area contributed by atoms with Crippen LogP contribution in [0.2, 0.25) is 0 Å². The maximum atomic E-state index is 13.8. The van der Waals surface area contributed by atoms with Gasteiger partial charge in [-0.15, -0.1) is 0 Å². The van der Waals surface area contributed by atoms with Crippen molar-refractivity contribution in [1.29, 1.82) is 0 Å². The molecule has 0 bridgehead atoms. The third kappa shape index (κ3) is 12.3. The summed E-state index contributed by atoms with van der Waals surface area (Å²) in [5, 5.41) is 6.80. The smallest absolute Gasteiger partial charge is 0.376 e. The second-order valence-electron chi connectivity index (χ2n) is 18.7. The SMILES string of the molecule is Cc1cc(C)c(-c2cc(COCC3(c4ccccc4)CCNCC3)cc(C(F)(F)F)c2)c(C)c1.Cc1cccc(C)c1-c1cc(COCC2(c3ccccc3)CCNCC2)cc(C(F)(F)F)c1. The maximum Gasteiger partial charge on any atom is 0.416 e. The van der Waals surface area contributed by atoms with Crippen LogP contribution in [0.15, 0.2) is 127 Å². The average molecular weight is 921 g/mol. The highest BCUT2D eigenvalue weighted by atomic mass is 19.4. The van der Waals surface area contributed by atoms with Crippen molar-refractivity contribution >= 4 is 0 Å². The van der Waals surface area contributed by atoms with Gasteiger partial charge in [0, 0.05) is 10.8 Å². The van der Waals surface area contributed by atoms with Crippen molar-refractivity contribution in [1.82, 2.24) is 10.6 Å². The molecule has 2 fully saturated rings. The Labute approximate surface area is 392 Å². The van der Waals surface area contributed by atoms with E-state index >= 15 is 0 Å². The first kappa shape index (κ1) is 49.6. The molecule has 8 rings (SSSR count). The minimum absolute atomic E-state index is 0.121. The first-order valence-corrected chi connectivity index (χ1v) is 23.2. The van der Waals surface area contributed by atoms with E-state index in [-0.39, 0.29) is 24.0 Å². The Morgan fingerprint density at radius 3 is 1.19 bits per heavy atom. The summed E-state index contributed by atoms with van der Waals surface area (Å²) in [6.07, 6.45) is -5.08. The zero-order valence-corrected chi connectivity index (χ0v) is 39.2. The quantitative estimate of drug-likeness (QED) is 0.120. The molecular weight excluding hydrogens is 859 g/mol. The molecule has 6 aromatic rings. The van der Waals surface area contributed by atoms with E-state index in [0.29, 0.717) is 35.5 Å². The van der Waals surface area contributed by atoms with Crippen LogP contribution in [0.3, 0.4) is 0 Å². The summed E-state index contributed by atoms with van der Waals surface area (Å²) >= 11 is 0. The number of alkyl halides is 6. The van der Waals surface area contributed by atoms with Crippen molar-refractivity contribution in [3.8, 4) is 22.3 Å². The highest BCUT2D eigenvalue weighted by Gasteiger charge is 2.37. The van der Waals surface area contributed by atoms with Crippen LogP contribution in [0, 0.1) is 34.6 Å². The largest absolute Gasteiger partial charge is 0.416 e. The average Bonchev–Trinajstić information content (AvgIpc) is 3.29. The van der Waals surface area contributed by atoms with Crippen molar-refractivity contribution in [2.75, 3.05) is 39.4 Å². The van der Waals surface area contributed by atoms with Crippen LogP contribution in [0.1, 0.15) is 86.9 Å². The lowest BCUT2D eigenvalue weighted by Gasteiger charge is -2.38. The van der Waals surface area contributed by atoms with Crippen LogP contribution in [-0.4, -0.2) is 39.4 Å². The minimum atomic E-state index is -4.42. The lowest BCUT2D eigenvalue weighted by atomic mass is 9.74. The molecule has 2 heterocycles. The Bertz CT molecular complexity index is 2530. The molecule has 2 N–H and O–H groups in total. The number of rotatable bonds is 12. The molecule has 2 aliphatic heterocycles. The zero-order valence-electron chi connectivity index (χ0n) is 39.2. The molecule has 2 saturated heterocycles. The van der Waals surface area contributed by atoms with Gasteiger partial charge < -0.3 is 20.1 Å². The summed E-state index contributed by atoms with van der Waals surface area (Å²) in [7, 11) is 0. The number of hydrogen-bond acceptors (Lipinski definition) is 4. The molecule has 354 valence electrons. The molecule has 0 aromatic heterocycles. The molecule has 0 amide bonds. The van der Waals surface area contributed by atoms with E-state index in [1.807, 2.05) is 113 Å². The topological polar surface area (TPSA) is 42.5 Å². The highest BCUT2D eigenvalue weighted by molar-refractivity contribution is 5.73. The van der Waals surface area contributed by atoms with E-state index in [2.05, 4.69) is 34.9 Å². The Morgan fingerprint density at radius 2 is 0.821 bits per heavy atom. The van der Waals surface area contributed by atoms with Gasteiger partial charge >= 0.3 is 12.4 Å². The second-order valence-corrected chi connectivity index (χ2v) is 18.7. The number of halogens is 6. The van der Waals surface area contributed by atoms with Gasteiger partial charge in [0.05, 0.1) is 37.6 Å². The van der Waals surface area contributed by atoms with Crippen LogP contribution >= 0.6 is 0 Å². The van der Waals surface area contributed by atoms with Crippen molar-refractivity contribution < 1.29 is 35.8 Å². The summed E-state index contributed by atoms with van der Waals surface area (Å²) in [4.78, 5) is 0. The number of piperidine rings is 2. The number of aryl methyl sites for hydroxylation is 5. The van der Waals surface area contributed by atoms with Crippen LogP contribution in [0.4, 0.5) is 26.3 Å². The Morgan fingerprint density at radius 1 is 0.448 bits per heavy atom. The standard InChI is InChI=1S/C29H32F3NO.C28H30F3NO/c1-20-13-21(2)27(22(3)14-20)24-15-23(16-26(17-24)29(30,31)32)18-34-19-28(9-11-33-12-10-28)25-7-5-4-6-8-25;1-20-7-6-8-21(2)26(20)23-15-22(16-25(17-23)28(29,30)31)18-33-19-27(11-13-32-14-12-27)24-9-4-3-5-10-24/h4-8,13-17,33H,9-12,18-19H2,1-3H3;3-10,15-17,32H,11-14,18-19H2,1-2H3. The van der Waals surface area contributed by atoms with Crippen molar-refractivity contribution in [2.24, 2.45) is 0 Å². The fraction of sp³-hybridized carbons (Fsp3) is 0.368. The number of benzene rings is 6. The lowest BCUT2D eigenvalue weighted by molar-refractivity contribution is -0.138. The first-order valence-electron chi connectivity index (χ1n) is 23.2. The second kappa shape index (κ2) is 21.4. The van der Waals surface area contributed by atoms with Gasteiger partial charge in [-0.05, 0) is 190 Å². The van der Waals surface area contributed by atoms with E-state index < -0.39 is 23.5 Å². The van der Waals surface area contributed by atoms with Gasteiger partial charge in [0.15, 0.2) is 0 Å². The molecule has 10 heteroatoms. The number of hydrogen-bond donors (Lipinski definition) is 2. The van der Waals surface area contributed by atoms with E-state index in [0.717, 1.165) is 90.8 Å². The van der Waals surface area contributed by atoms with E-state index in [1.54, 1.807) is 0 Å². The Balaban J connectivity index is 0.000000199. The summed E-state index contributed by atoms with van der Waals surface area (Å²) < 4.78 is 94.8. The van der Waals surface area contributed by atoms with E-state index in [1.165, 1.54) is 35.4 Å².